The fourth-order valence-electron chi connectivity index (χ4n) is 2.91. The lowest BCUT2D eigenvalue weighted by atomic mass is 9.86. The zero-order valence-corrected chi connectivity index (χ0v) is 13.0. The van der Waals surface area contributed by atoms with Crippen LogP contribution in [0.2, 0.25) is 0 Å². The van der Waals surface area contributed by atoms with Crippen LogP contribution in [0.15, 0.2) is 18.2 Å². The van der Waals surface area contributed by atoms with E-state index in [1.807, 2.05) is 0 Å². The smallest absolute Gasteiger partial charge is 0.0279 e. The molecule has 1 aromatic carbocycles. The average Bonchev–Trinajstić information content (AvgIpc) is 2.39. The van der Waals surface area contributed by atoms with Crippen molar-refractivity contribution in [3.63, 3.8) is 0 Å². The van der Waals surface area contributed by atoms with Crippen LogP contribution in [0.3, 0.4) is 0 Å². The normalized spacial score (nSPS) is 12.9. The van der Waals surface area contributed by atoms with E-state index in [0.717, 1.165) is 6.42 Å². The Balaban J connectivity index is 2.81. The molecule has 0 amide bonds. The molecule has 19 heavy (non-hydrogen) atoms. The van der Waals surface area contributed by atoms with Gasteiger partial charge in [0.05, 0.1) is 0 Å². The number of hydrogen-bond donors (Lipinski definition) is 2. The lowest BCUT2D eigenvalue weighted by molar-refractivity contribution is 0.311. The van der Waals surface area contributed by atoms with E-state index in [2.05, 4.69) is 51.3 Å². The SMILES string of the molecule is CCCC(CCC)C(Cc1cc(C)ccc1C)NN. The summed E-state index contributed by atoms with van der Waals surface area (Å²) in [6.07, 6.45) is 6.01. The molecular weight excluding hydrogens is 232 g/mol. The number of hydrogen-bond acceptors (Lipinski definition) is 2. The van der Waals surface area contributed by atoms with E-state index in [0.29, 0.717) is 12.0 Å². The van der Waals surface area contributed by atoms with Gasteiger partial charge in [0, 0.05) is 6.04 Å². The summed E-state index contributed by atoms with van der Waals surface area (Å²) in [7, 11) is 0. The summed E-state index contributed by atoms with van der Waals surface area (Å²) in [5.74, 6) is 6.50. The van der Waals surface area contributed by atoms with Gasteiger partial charge in [-0.05, 0) is 50.2 Å². The number of nitrogens with one attached hydrogen (secondary N) is 1. The van der Waals surface area contributed by atoms with Crippen molar-refractivity contribution in [3.05, 3.63) is 34.9 Å². The molecule has 0 aliphatic rings. The van der Waals surface area contributed by atoms with Crippen LogP contribution in [0.4, 0.5) is 0 Å². The lowest BCUT2D eigenvalue weighted by Crippen LogP contribution is -2.42. The minimum absolute atomic E-state index is 0.389. The van der Waals surface area contributed by atoms with Gasteiger partial charge in [-0.2, -0.15) is 0 Å². The maximum absolute atomic E-state index is 5.82. The van der Waals surface area contributed by atoms with Gasteiger partial charge in [0.25, 0.3) is 0 Å². The molecule has 3 N–H and O–H groups in total. The number of hydrazine groups is 1. The van der Waals surface area contributed by atoms with E-state index in [1.165, 1.54) is 42.4 Å². The third kappa shape index (κ3) is 4.96. The van der Waals surface area contributed by atoms with E-state index in [4.69, 9.17) is 5.84 Å². The minimum Gasteiger partial charge on any atom is -0.271 e. The Hall–Kier alpha value is -0.860. The molecule has 0 aliphatic heterocycles. The molecule has 0 spiro atoms. The molecule has 0 saturated carbocycles. The van der Waals surface area contributed by atoms with E-state index >= 15 is 0 Å². The van der Waals surface area contributed by atoms with Gasteiger partial charge >= 0.3 is 0 Å². The molecule has 1 aromatic rings. The third-order valence-electron chi connectivity index (χ3n) is 4.05. The Morgan fingerprint density at radius 2 is 1.74 bits per heavy atom. The first-order valence-corrected chi connectivity index (χ1v) is 7.64. The Morgan fingerprint density at radius 3 is 2.26 bits per heavy atom. The predicted octanol–water partition coefficient (Wildman–Crippen LogP) is 3.89. The highest BCUT2D eigenvalue weighted by Crippen LogP contribution is 2.22. The molecule has 2 nitrogen and oxygen atoms in total. The first-order chi connectivity index (χ1) is 9.12. The number of benzene rings is 1. The summed E-state index contributed by atoms with van der Waals surface area (Å²) < 4.78 is 0. The molecule has 1 atom stereocenters. The standard InChI is InChI=1S/C17H30N2/c1-5-7-15(8-6-2)17(19-18)12-16-11-13(3)9-10-14(16)4/h9-11,15,17,19H,5-8,12,18H2,1-4H3. The van der Waals surface area contributed by atoms with Crippen LogP contribution in [-0.2, 0) is 6.42 Å². The highest BCUT2D eigenvalue weighted by molar-refractivity contribution is 5.31. The van der Waals surface area contributed by atoms with Crippen molar-refractivity contribution in [1.82, 2.24) is 5.43 Å². The Kier molecular flexibility index (Phi) is 7.11. The molecule has 0 radical (unpaired) electrons. The molecule has 0 fully saturated rings. The van der Waals surface area contributed by atoms with Crippen LogP contribution < -0.4 is 11.3 Å². The van der Waals surface area contributed by atoms with Crippen molar-refractivity contribution < 1.29 is 0 Å². The van der Waals surface area contributed by atoms with E-state index < -0.39 is 0 Å². The van der Waals surface area contributed by atoms with Crippen molar-refractivity contribution in [1.29, 1.82) is 0 Å². The van der Waals surface area contributed by atoms with Crippen molar-refractivity contribution in [2.24, 2.45) is 11.8 Å². The van der Waals surface area contributed by atoms with Crippen LogP contribution in [-0.4, -0.2) is 6.04 Å². The molecule has 1 unspecified atom stereocenters. The zero-order valence-electron chi connectivity index (χ0n) is 13.0. The molecule has 1 rings (SSSR count). The maximum atomic E-state index is 5.82. The van der Waals surface area contributed by atoms with E-state index in [1.54, 1.807) is 0 Å². The quantitative estimate of drug-likeness (QED) is 0.551. The van der Waals surface area contributed by atoms with Crippen molar-refractivity contribution >= 4 is 0 Å². The van der Waals surface area contributed by atoms with Crippen molar-refractivity contribution in [3.8, 4) is 0 Å². The lowest BCUT2D eigenvalue weighted by Gasteiger charge is -2.27. The van der Waals surface area contributed by atoms with E-state index in [-0.39, 0.29) is 0 Å². The van der Waals surface area contributed by atoms with Crippen LogP contribution >= 0.6 is 0 Å². The molecule has 0 saturated heterocycles. The average molecular weight is 262 g/mol. The maximum Gasteiger partial charge on any atom is 0.0279 e. The summed E-state index contributed by atoms with van der Waals surface area (Å²) in [6, 6.07) is 7.08. The fourth-order valence-corrected chi connectivity index (χ4v) is 2.91. The summed E-state index contributed by atoms with van der Waals surface area (Å²) in [4.78, 5) is 0. The van der Waals surface area contributed by atoms with Crippen LogP contribution in [0, 0.1) is 19.8 Å². The highest BCUT2D eigenvalue weighted by atomic mass is 15.2. The van der Waals surface area contributed by atoms with Gasteiger partial charge in [-0.15, -0.1) is 0 Å². The van der Waals surface area contributed by atoms with Crippen molar-refractivity contribution in [2.75, 3.05) is 0 Å². The second kappa shape index (κ2) is 8.34. The first-order valence-electron chi connectivity index (χ1n) is 7.64. The van der Waals surface area contributed by atoms with Crippen LogP contribution in [0.1, 0.15) is 56.2 Å². The van der Waals surface area contributed by atoms with Crippen LogP contribution in [0.5, 0.6) is 0 Å². The van der Waals surface area contributed by atoms with Gasteiger partial charge < -0.3 is 0 Å². The largest absolute Gasteiger partial charge is 0.271 e. The highest BCUT2D eigenvalue weighted by Gasteiger charge is 2.20. The number of aryl methyl sites for hydroxylation is 2. The van der Waals surface area contributed by atoms with Gasteiger partial charge in [0.1, 0.15) is 0 Å². The fraction of sp³-hybridized carbons (Fsp3) is 0.647. The third-order valence-corrected chi connectivity index (χ3v) is 4.05. The Morgan fingerprint density at radius 1 is 1.11 bits per heavy atom. The number of nitrogens with two attached hydrogens (primary N) is 1. The predicted molar refractivity (Wildman–Crippen MR) is 84.0 cm³/mol. The zero-order chi connectivity index (χ0) is 14.3. The molecule has 2 heteroatoms. The Bertz CT molecular complexity index is 368. The monoisotopic (exact) mass is 262 g/mol. The summed E-state index contributed by atoms with van der Waals surface area (Å²) in [5, 5.41) is 0. The van der Waals surface area contributed by atoms with Gasteiger partial charge in [-0.1, -0.05) is 50.5 Å². The summed E-state index contributed by atoms with van der Waals surface area (Å²) in [6.45, 7) is 8.86. The first kappa shape index (κ1) is 16.2. The molecular formula is C17H30N2. The van der Waals surface area contributed by atoms with Gasteiger partial charge in [-0.25, -0.2) is 0 Å². The topological polar surface area (TPSA) is 38.0 Å². The number of rotatable bonds is 8. The minimum atomic E-state index is 0.389. The molecule has 0 aromatic heterocycles. The summed E-state index contributed by atoms with van der Waals surface area (Å²) >= 11 is 0. The second-order valence-corrected chi connectivity index (χ2v) is 5.74. The second-order valence-electron chi connectivity index (χ2n) is 5.74. The molecule has 0 bridgehead atoms. The van der Waals surface area contributed by atoms with E-state index in [9.17, 15) is 0 Å². The van der Waals surface area contributed by atoms with Crippen molar-refractivity contribution in [2.45, 2.75) is 65.8 Å². The van der Waals surface area contributed by atoms with Gasteiger partial charge in [0.15, 0.2) is 0 Å². The summed E-state index contributed by atoms with van der Waals surface area (Å²) in [5.41, 5.74) is 7.20. The van der Waals surface area contributed by atoms with Gasteiger partial charge in [-0.3, -0.25) is 11.3 Å². The van der Waals surface area contributed by atoms with Crippen LogP contribution in [0.25, 0.3) is 0 Å². The Labute approximate surface area is 118 Å². The van der Waals surface area contributed by atoms with Gasteiger partial charge in [0.2, 0.25) is 0 Å². The molecule has 0 heterocycles. The molecule has 0 aliphatic carbocycles. The molecule has 108 valence electrons.